The molecule has 4 N–H and O–H groups in total. The number of nitrogens with one attached hydrogen (secondary N) is 2. The van der Waals surface area contributed by atoms with Crippen LogP contribution < -0.4 is 16.4 Å². The smallest absolute Gasteiger partial charge is 0.312 e. The Morgan fingerprint density at radius 1 is 1.64 bits per heavy atom. The second kappa shape index (κ2) is 4.90. The Morgan fingerprint density at radius 3 is 2.55 bits per heavy atom. The molecule has 0 heterocycles. The average Bonchev–Trinajstić information content (AvgIpc) is 1.82. The Kier molecular flexibility index (Phi) is 4.52. The van der Waals surface area contributed by atoms with Crippen LogP contribution in [0.5, 0.6) is 0 Å². The molecule has 0 aromatic carbocycles. The number of amides is 2. The van der Waals surface area contributed by atoms with E-state index < -0.39 is 12.3 Å². The van der Waals surface area contributed by atoms with E-state index in [0.29, 0.717) is 0 Å². The molecule has 1 atom stereocenters. The lowest BCUT2D eigenvalue weighted by atomic mass is 10.4. The van der Waals surface area contributed by atoms with Gasteiger partial charge in [-0.1, -0.05) is 0 Å². The summed E-state index contributed by atoms with van der Waals surface area (Å²) in [4.78, 5) is 10.1. The van der Waals surface area contributed by atoms with Crippen LogP contribution in [-0.4, -0.2) is 24.9 Å². The summed E-state index contributed by atoms with van der Waals surface area (Å²) in [6.07, 6.45) is -1.23. The fraction of sp³-hybridized carbons (Fsp3) is 0.833. The number of urea groups is 1. The Bertz CT molecular complexity index is 129. The summed E-state index contributed by atoms with van der Waals surface area (Å²) in [5, 5.41) is 4.71. The topological polar surface area (TPSA) is 67.2 Å². The number of hydrogen-bond donors (Lipinski definition) is 3. The molecule has 0 spiro atoms. The van der Waals surface area contributed by atoms with Crippen LogP contribution in [0.25, 0.3) is 0 Å². The van der Waals surface area contributed by atoms with E-state index in [1.54, 1.807) is 0 Å². The van der Waals surface area contributed by atoms with Gasteiger partial charge < -0.3 is 11.1 Å². The summed E-state index contributed by atoms with van der Waals surface area (Å²) in [5.74, 6) is 0. The number of primary amides is 1. The Hall–Kier alpha value is -0.840. The quantitative estimate of drug-likeness (QED) is 0.508. The highest BCUT2D eigenvalue weighted by atomic mass is 19.1. The van der Waals surface area contributed by atoms with Gasteiger partial charge >= 0.3 is 6.03 Å². The molecule has 1 unspecified atom stereocenters. The number of hydrogen-bond acceptors (Lipinski definition) is 2. The molecule has 0 saturated heterocycles. The molecule has 0 aliphatic rings. The van der Waals surface area contributed by atoms with Crippen LogP contribution >= 0.6 is 0 Å². The lowest BCUT2D eigenvalue weighted by Crippen LogP contribution is -2.42. The second-order valence-electron chi connectivity index (χ2n) is 2.53. The van der Waals surface area contributed by atoms with E-state index in [4.69, 9.17) is 5.73 Å². The highest BCUT2D eigenvalue weighted by Crippen LogP contribution is 1.86. The number of carbonyl (C=O) groups is 1. The van der Waals surface area contributed by atoms with Crippen molar-refractivity contribution in [3.63, 3.8) is 0 Å². The van der Waals surface area contributed by atoms with E-state index in [2.05, 4.69) is 10.6 Å². The third-order valence-electron chi connectivity index (χ3n) is 0.970. The maximum absolute atomic E-state index is 12.6. The van der Waals surface area contributed by atoms with Crippen molar-refractivity contribution < 1.29 is 9.18 Å². The van der Waals surface area contributed by atoms with Crippen LogP contribution in [0, 0.1) is 0 Å². The Labute approximate surface area is 65.3 Å². The van der Waals surface area contributed by atoms with Crippen molar-refractivity contribution >= 4 is 6.03 Å². The van der Waals surface area contributed by atoms with Gasteiger partial charge in [0.05, 0.1) is 6.54 Å². The van der Waals surface area contributed by atoms with Crippen LogP contribution in [0.15, 0.2) is 0 Å². The van der Waals surface area contributed by atoms with Crippen molar-refractivity contribution in [3.05, 3.63) is 0 Å². The third kappa shape index (κ3) is 7.05. The van der Waals surface area contributed by atoms with Gasteiger partial charge in [-0.25, -0.2) is 9.18 Å². The van der Waals surface area contributed by atoms with Gasteiger partial charge in [0.15, 0.2) is 6.30 Å². The number of alkyl halides is 1. The third-order valence-corrected chi connectivity index (χ3v) is 0.970. The molecule has 0 aliphatic carbocycles. The molecule has 4 nitrogen and oxygen atoms in total. The van der Waals surface area contributed by atoms with Crippen molar-refractivity contribution in [1.29, 1.82) is 0 Å². The molecule has 0 aromatic rings. The summed E-state index contributed by atoms with van der Waals surface area (Å²) >= 11 is 0. The van der Waals surface area contributed by atoms with Crippen molar-refractivity contribution in [1.82, 2.24) is 10.6 Å². The molecule has 0 aliphatic heterocycles. The number of carbonyl (C=O) groups excluding carboxylic acids is 1. The van der Waals surface area contributed by atoms with Crippen LogP contribution in [0.1, 0.15) is 13.8 Å². The van der Waals surface area contributed by atoms with E-state index in [1.165, 1.54) is 0 Å². The van der Waals surface area contributed by atoms with E-state index in [-0.39, 0.29) is 12.6 Å². The minimum absolute atomic E-state index is 0.0553. The number of nitrogens with two attached hydrogens (primary N) is 1. The van der Waals surface area contributed by atoms with Gasteiger partial charge in [0.2, 0.25) is 0 Å². The largest absolute Gasteiger partial charge is 0.352 e. The molecular formula is C6H14FN3O. The van der Waals surface area contributed by atoms with Gasteiger partial charge in [0.1, 0.15) is 0 Å². The van der Waals surface area contributed by atoms with E-state index in [0.717, 1.165) is 0 Å². The molecular weight excluding hydrogens is 149 g/mol. The highest BCUT2D eigenvalue weighted by Gasteiger charge is 2.06. The predicted molar refractivity (Wildman–Crippen MR) is 40.8 cm³/mol. The van der Waals surface area contributed by atoms with Crippen LogP contribution in [0.4, 0.5) is 9.18 Å². The van der Waals surface area contributed by atoms with Crippen LogP contribution in [-0.2, 0) is 0 Å². The summed E-state index contributed by atoms with van der Waals surface area (Å²) in [6.45, 7) is 3.54. The van der Waals surface area contributed by atoms with Crippen molar-refractivity contribution in [2.75, 3.05) is 6.54 Å². The minimum atomic E-state index is -1.23. The molecule has 0 bridgehead atoms. The van der Waals surface area contributed by atoms with Gasteiger partial charge in [-0.2, -0.15) is 0 Å². The zero-order valence-electron chi connectivity index (χ0n) is 6.73. The predicted octanol–water partition coefficient (Wildman–Crippen LogP) is -0.0517. The molecule has 0 rings (SSSR count). The summed E-state index contributed by atoms with van der Waals surface area (Å²) in [7, 11) is 0. The monoisotopic (exact) mass is 163 g/mol. The van der Waals surface area contributed by atoms with Gasteiger partial charge in [-0.15, -0.1) is 0 Å². The molecule has 0 aromatic heterocycles. The zero-order chi connectivity index (χ0) is 8.85. The first-order valence-electron chi connectivity index (χ1n) is 3.45. The summed E-state index contributed by atoms with van der Waals surface area (Å²) in [6, 6.07) is -0.655. The number of halogens is 1. The lowest BCUT2D eigenvalue weighted by molar-refractivity contribution is 0.228. The first-order valence-corrected chi connectivity index (χ1v) is 3.45. The minimum Gasteiger partial charge on any atom is -0.352 e. The Balaban J connectivity index is 3.37. The Morgan fingerprint density at radius 2 is 2.18 bits per heavy atom. The maximum Gasteiger partial charge on any atom is 0.312 e. The molecule has 2 amide bonds. The molecule has 66 valence electrons. The van der Waals surface area contributed by atoms with Crippen LogP contribution in [0.3, 0.4) is 0 Å². The second-order valence-corrected chi connectivity index (χ2v) is 2.53. The van der Waals surface area contributed by atoms with Gasteiger partial charge in [0, 0.05) is 6.04 Å². The van der Waals surface area contributed by atoms with Crippen molar-refractivity contribution in [3.8, 4) is 0 Å². The fourth-order valence-electron chi connectivity index (χ4n) is 0.611. The lowest BCUT2D eigenvalue weighted by Gasteiger charge is -2.12. The SMILES string of the molecule is CC(C)NC(F)CNC(N)=O. The standard InChI is InChI=1S/C6H14FN3O/c1-4(2)10-5(7)3-9-6(8)11/h4-5,10H,3H2,1-2H3,(H3,8,9,11). The van der Waals surface area contributed by atoms with Gasteiger partial charge in [0.25, 0.3) is 0 Å². The first kappa shape index (κ1) is 10.2. The highest BCUT2D eigenvalue weighted by molar-refractivity contribution is 5.71. The van der Waals surface area contributed by atoms with Gasteiger partial charge in [-0.3, -0.25) is 5.32 Å². The molecule has 0 fully saturated rings. The van der Waals surface area contributed by atoms with Crippen molar-refractivity contribution in [2.24, 2.45) is 5.73 Å². The molecule has 5 heteroatoms. The summed E-state index contributed by atoms with van der Waals surface area (Å²) in [5.41, 5.74) is 4.73. The average molecular weight is 163 g/mol. The molecule has 0 saturated carbocycles. The van der Waals surface area contributed by atoms with Crippen LogP contribution in [0.2, 0.25) is 0 Å². The molecule has 11 heavy (non-hydrogen) atoms. The summed E-state index contributed by atoms with van der Waals surface area (Å²) < 4.78 is 12.6. The van der Waals surface area contributed by atoms with E-state index >= 15 is 0 Å². The first-order chi connectivity index (χ1) is 5.02. The van der Waals surface area contributed by atoms with Gasteiger partial charge in [-0.05, 0) is 13.8 Å². The molecule has 0 radical (unpaired) electrons. The number of rotatable bonds is 4. The van der Waals surface area contributed by atoms with E-state index in [1.807, 2.05) is 13.8 Å². The van der Waals surface area contributed by atoms with Crippen molar-refractivity contribution in [2.45, 2.75) is 26.2 Å². The van der Waals surface area contributed by atoms with E-state index in [9.17, 15) is 9.18 Å². The maximum atomic E-state index is 12.6. The zero-order valence-corrected chi connectivity index (χ0v) is 6.73. The fourth-order valence-corrected chi connectivity index (χ4v) is 0.611. The normalized spacial score (nSPS) is 13.1.